The number of hydrogen-bond donors (Lipinski definition) is 2. The maximum atomic E-state index is 12.8. The molecule has 0 aliphatic rings. The molecule has 2 rings (SSSR count). The van der Waals surface area contributed by atoms with E-state index >= 15 is 0 Å². The number of amides is 1. The second-order valence-electron chi connectivity index (χ2n) is 6.51. The normalized spacial score (nSPS) is 11.7. The van der Waals surface area contributed by atoms with E-state index in [1.54, 1.807) is 0 Å². The molecule has 0 spiro atoms. The van der Waals surface area contributed by atoms with E-state index in [-0.39, 0.29) is 36.1 Å². The summed E-state index contributed by atoms with van der Waals surface area (Å²) in [5.41, 5.74) is -0.920. The summed E-state index contributed by atoms with van der Waals surface area (Å²) in [5, 5.41) is 2.52. The number of carbonyl (C=O) groups excluding carboxylic acids is 1. The third kappa shape index (κ3) is 6.15. The third-order valence-corrected chi connectivity index (χ3v) is 3.49. The fourth-order valence-electron chi connectivity index (χ4n) is 2.44. The van der Waals surface area contributed by atoms with Gasteiger partial charge in [-0.25, -0.2) is 14.8 Å². The van der Waals surface area contributed by atoms with Crippen LogP contribution in [0.5, 0.6) is 0 Å². The lowest BCUT2D eigenvalue weighted by Crippen LogP contribution is -2.30. The van der Waals surface area contributed by atoms with Crippen LogP contribution >= 0.6 is 0 Å². The monoisotopic (exact) mass is 383 g/mol. The Kier molecular flexibility index (Phi) is 6.29. The van der Waals surface area contributed by atoms with Crippen LogP contribution in [0.1, 0.15) is 47.2 Å². The summed E-state index contributed by atoms with van der Waals surface area (Å²) in [6.45, 7) is 5.38. The zero-order chi connectivity index (χ0) is 20.2. The average Bonchev–Trinajstić information content (AvgIpc) is 2.52. The van der Waals surface area contributed by atoms with Crippen LogP contribution < -0.4 is 11.0 Å². The van der Waals surface area contributed by atoms with E-state index in [1.165, 1.54) is 13.0 Å². The average molecular weight is 383 g/mol. The summed E-state index contributed by atoms with van der Waals surface area (Å²) in [6, 6.07) is 2.35. The van der Waals surface area contributed by atoms with Crippen molar-refractivity contribution in [3.05, 3.63) is 51.2 Å². The van der Waals surface area contributed by atoms with E-state index in [1.807, 2.05) is 13.8 Å². The fraction of sp³-hybridized carbons (Fsp3) is 0.471. The van der Waals surface area contributed by atoms with Gasteiger partial charge in [0.05, 0.1) is 0 Å². The predicted octanol–water partition coefficient (Wildman–Crippen LogP) is 2.06. The minimum atomic E-state index is -4.56. The van der Waals surface area contributed by atoms with Crippen molar-refractivity contribution < 1.29 is 18.0 Å². The molecule has 0 aliphatic carbocycles. The number of carbonyl (C=O) groups is 1. The summed E-state index contributed by atoms with van der Waals surface area (Å²) < 4.78 is 38.4. The number of aromatic nitrogens is 4. The summed E-state index contributed by atoms with van der Waals surface area (Å²) in [5.74, 6) is -0.336. The number of halogens is 3. The molecular weight excluding hydrogens is 363 g/mol. The first-order valence-corrected chi connectivity index (χ1v) is 8.35. The molecule has 0 unspecified atom stereocenters. The van der Waals surface area contributed by atoms with Crippen molar-refractivity contribution in [3.8, 4) is 0 Å². The molecule has 0 saturated carbocycles. The molecule has 0 saturated heterocycles. The molecule has 0 fully saturated rings. The molecule has 0 bridgehead atoms. The largest absolute Gasteiger partial charge is 0.433 e. The van der Waals surface area contributed by atoms with Crippen LogP contribution in [0.15, 0.2) is 16.9 Å². The zero-order valence-electron chi connectivity index (χ0n) is 15.1. The molecule has 2 heterocycles. The van der Waals surface area contributed by atoms with E-state index in [2.05, 4.69) is 25.3 Å². The van der Waals surface area contributed by atoms with Crippen LogP contribution in [0.3, 0.4) is 0 Å². The summed E-state index contributed by atoms with van der Waals surface area (Å²) in [7, 11) is 0. The van der Waals surface area contributed by atoms with Crippen LogP contribution in [0.25, 0.3) is 0 Å². The van der Waals surface area contributed by atoms with Crippen LogP contribution in [-0.4, -0.2) is 32.4 Å². The van der Waals surface area contributed by atoms with Gasteiger partial charge in [0.2, 0.25) is 0 Å². The number of hydrogen-bond acceptors (Lipinski definition) is 5. The number of rotatable bonds is 6. The lowest BCUT2D eigenvalue weighted by atomic mass is 10.1. The predicted molar refractivity (Wildman–Crippen MR) is 91.2 cm³/mol. The van der Waals surface area contributed by atoms with Gasteiger partial charge in [0.1, 0.15) is 17.2 Å². The first-order valence-electron chi connectivity index (χ1n) is 8.35. The Morgan fingerprint density at radius 2 is 1.93 bits per heavy atom. The molecule has 27 heavy (non-hydrogen) atoms. The summed E-state index contributed by atoms with van der Waals surface area (Å²) >= 11 is 0. The van der Waals surface area contributed by atoms with Gasteiger partial charge < -0.3 is 10.3 Å². The molecule has 1 amide bonds. The van der Waals surface area contributed by atoms with Gasteiger partial charge in [0.15, 0.2) is 0 Å². The third-order valence-electron chi connectivity index (χ3n) is 3.49. The van der Waals surface area contributed by atoms with Crippen LogP contribution in [-0.2, 0) is 19.0 Å². The van der Waals surface area contributed by atoms with E-state index < -0.39 is 23.5 Å². The number of aryl methyl sites for hydroxylation is 1. The van der Waals surface area contributed by atoms with E-state index in [9.17, 15) is 22.8 Å². The Morgan fingerprint density at radius 1 is 1.22 bits per heavy atom. The van der Waals surface area contributed by atoms with E-state index in [0.29, 0.717) is 12.1 Å². The van der Waals surface area contributed by atoms with Gasteiger partial charge in [0.25, 0.3) is 5.91 Å². The first kappa shape index (κ1) is 20.5. The maximum Gasteiger partial charge on any atom is 0.433 e. The number of nitrogens with zero attached hydrogens (tertiary/aromatic N) is 3. The molecule has 7 nitrogen and oxygen atoms in total. The van der Waals surface area contributed by atoms with Crippen molar-refractivity contribution in [3.63, 3.8) is 0 Å². The minimum Gasteiger partial charge on any atom is -0.350 e. The summed E-state index contributed by atoms with van der Waals surface area (Å²) in [6.07, 6.45) is -3.97. The SMILES string of the molecule is Cc1cc(C(F)(F)F)nc(CCNC(=O)c2cc(CC(C)C)[nH]c(=O)n2)n1. The van der Waals surface area contributed by atoms with Crippen LogP contribution in [0, 0.1) is 12.8 Å². The molecule has 10 heteroatoms. The first-order chi connectivity index (χ1) is 12.5. The highest BCUT2D eigenvalue weighted by Gasteiger charge is 2.33. The van der Waals surface area contributed by atoms with Gasteiger partial charge in [-0.15, -0.1) is 0 Å². The highest BCUT2D eigenvalue weighted by atomic mass is 19.4. The number of alkyl halides is 3. The van der Waals surface area contributed by atoms with Crippen LogP contribution in [0.4, 0.5) is 13.2 Å². The van der Waals surface area contributed by atoms with Crippen molar-refractivity contribution in [2.75, 3.05) is 6.54 Å². The van der Waals surface area contributed by atoms with Gasteiger partial charge in [-0.1, -0.05) is 13.8 Å². The Morgan fingerprint density at radius 3 is 2.56 bits per heavy atom. The highest BCUT2D eigenvalue weighted by Crippen LogP contribution is 2.27. The molecule has 146 valence electrons. The maximum absolute atomic E-state index is 12.8. The second kappa shape index (κ2) is 8.28. The molecular formula is C17H20F3N5O2. The fourth-order valence-corrected chi connectivity index (χ4v) is 2.44. The molecule has 0 aromatic carbocycles. The zero-order valence-corrected chi connectivity index (χ0v) is 15.1. The molecule has 2 aromatic rings. The Bertz CT molecular complexity index is 878. The molecule has 0 aliphatic heterocycles. The van der Waals surface area contributed by atoms with E-state index in [4.69, 9.17) is 0 Å². The van der Waals surface area contributed by atoms with Gasteiger partial charge in [0, 0.05) is 24.4 Å². The topological polar surface area (TPSA) is 101 Å². The molecule has 0 atom stereocenters. The standard InChI is InChI=1S/C17H20F3N5O2/c1-9(2)6-11-8-12(24-16(27)23-11)15(26)21-5-4-14-22-10(3)7-13(25-14)17(18,19)20/h7-9H,4-6H2,1-3H3,(H,21,26)(H,23,24,27). The summed E-state index contributed by atoms with van der Waals surface area (Å²) in [4.78, 5) is 37.4. The van der Waals surface area contributed by atoms with Crippen molar-refractivity contribution in [1.29, 1.82) is 0 Å². The lowest BCUT2D eigenvalue weighted by molar-refractivity contribution is -0.141. The van der Waals surface area contributed by atoms with E-state index in [0.717, 1.165) is 6.07 Å². The Balaban J connectivity index is 2.04. The Hall–Kier alpha value is -2.78. The number of nitrogens with one attached hydrogen (secondary N) is 2. The highest BCUT2D eigenvalue weighted by molar-refractivity contribution is 5.92. The van der Waals surface area contributed by atoms with Crippen molar-refractivity contribution >= 4 is 5.91 Å². The van der Waals surface area contributed by atoms with Crippen molar-refractivity contribution in [1.82, 2.24) is 25.3 Å². The van der Waals surface area contributed by atoms with Gasteiger partial charge in [-0.2, -0.15) is 18.2 Å². The lowest BCUT2D eigenvalue weighted by Gasteiger charge is -2.10. The van der Waals surface area contributed by atoms with Crippen molar-refractivity contribution in [2.24, 2.45) is 5.92 Å². The van der Waals surface area contributed by atoms with Crippen LogP contribution in [0.2, 0.25) is 0 Å². The van der Waals surface area contributed by atoms with Gasteiger partial charge in [-0.05, 0) is 31.4 Å². The minimum absolute atomic E-state index is 0.00752. The number of H-pyrrole nitrogens is 1. The van der Waals surface area contributed by atoms with Crippen molar-refractivity contribution in [2.45, 2.75) is 39.8 Å². The smallest absolute Gasteiger partial charge is 0.350 e. The molecule has 2 N–H and O–H groups in total. The molecule has 2 aromatic heterocycles. The quantitative estimate of drug-likeness (QED) is 0.795. The second-order valence-corrected chi connectivity index (χ2v) is 6.51. The number of aromatic amines is 1. The Labute approximate surface area is 153 Å². The van der Waals surface area contributed by atoms with Gasteiger partial charge in [-0.3, -0.25) is 4.79 Å². The van der Waals surface area contributed by atoms with Gasteiger partial charge >= 0.3 is 11.9 Å². The molecule has 0 radical (unpaired) electrons.